The van der Waals surface area contributed by atoms with Crippen LogP contribution in [0.25, 0.3) is 0 Å². The van der Waals surface area contributed by atoms with Gasteiger partial charge < -0.3 is 15.2 Å². The Morgan fingerprint density at radius 2 is 2.00 bits per heavy atom. The first-order valence-corrected chi connectivity index (χ1v) is 5.36. The fourth-order valence-electron chi connectivity index (χ4n) is 1.48. The van der Waals surface area contributed by atoms with Gasteiger partial charge in [-0.25, -0.2) is 0 Å². The molecular formula is C12H15N3O2. The summed E-state index contributed by atoms with van der Waals surface area (Å²) in [7, 11) is 1.59. The van der Waals surface area contributed by atoms with Crippen LogP contribution in [-0.4, -0.2) is 16.9 Å². The van der Waals surface area contributed by atoms with Crippen LogP contribution >= 0.6 is 0 Å². The van der Waals surface area contributed by atoms with Gasteiger partial charge >= 0.3 is 0 Å². The Morgan fingerprint density at radius 1 is 1.24 bits per heavy atom. The highest BCUT2D eigenvalue weighted by atomic mass is 16.5. The van der Waals surface area contributed by atoms with Gasteiger partial charge in [0.25, 0.3) is 0 Å². The van der Waals surface area contributed by atoms with Crippen LogP contribution in [0.4, 0.5) is 5.69 Å². The lowest BCUT2D eigenvalue weighted by Gasteiger charge is -2.06. The van der Waals surface area contributed by atoms with E-state index in [9.17, 15) is 0 Å². The molecule has 1 aromatic carbocycles. The third-order valence-corrected chi connectivity index (χ3v) is 2.31. The predicted molar refractivity (Wildman–Crippen MR) is 65.4 cm³/mol. The number of ether oxygens (including phenoxy) is 2. The van der Waals surface area contributed by atoms with E-state index in [1.165, 1.54) is 0 Å². The normalized spacial score (nSPS) is 10.2. The van der Waals surface area contributed by atoms with E-state index in [0.717, 1.165) is 6.54 Å². The highest BCUT2D eigenvalue weighted by Crippen LogP contribution is 2.28. The molecule has 0 atom stereocenters. The van der Waals surface area contributed by atoms with Crippen LogP contribution in [0.1, 0.15) is 6.92 Å². The number of nitrogens with two attached hydrogens (primary N) is 1. The largest absolute Gasteiger partial charge is 0.497 e. The topological polar surface area (TPSA) is 62.3 Å². The summed E-state index contributed by atoms with van der Waals surface area (Å²) in [5.41, 5.74) is 6.34. The van der Waals surface area contributed by atoms with E-state index in [1.807, 2.05) is 13.1 Å². The average molecular weight is 233 g/mol. The number of nitrogens with zero attached hydrogens (tertiary/aromatic N) is 2. The number of hydrogen-bond acceptors (Lipinski definition) is 4. The first-order chi connectivity index (χ1) is 8.21. The SMILES string of the molecule is CCn1cc(Oc2cc(N)cc(OC)c2)cn1. The Hall–Kier alpha value is -2.17. The van der Waals surface area contributed by atoms with Crippen LogP contribution in [0.5, 0.6) is 17.2 Å². The Bertz CT molecular complexity index is 508. The van der Waals surface area contributed by atoms with Crippen molar-refractivity contribution in [3.63, 3.8) is 0 Å². The summed E-state index contributed by atoms with van der Waals surface area (Å²) in [5.74, 6) is 1.99. The van der Waals surface area contributed by atoms with Crippen molar-refractivity contribution in [2.24, 2.45) is 0 Å². The van der Waals surface area contributed by atoms with Gasteiger partial charge in [-0.05, 0) is 6.92 Å². The number of aromatic nitrogens is 2. The van der Waals surface area contributed by atoms with Crippen LogP contribution < -0.4 is 15.2 Å². The Morgan fingerprint density at radius 3 is 2.65 bits per heavy atom. The lowest BCUT2D eigenvalue weighted by molar-refractivity contribution is 0.409. The van der Waals surface area contributed by atoms with Crippen molar-refractivity contribution in [2.45, 2.75) is 13.5 Å². The van der Waals surface area contributed by atoms with E-state index in [4.69, 9.17) is 15.2 Å². The summed E-state index contributed by atoms with van der Waals surface area (Å²) in [6.45, 7) is 2.82. The molecule has 0 unspecified atom stereocenters. The second-order valence-corrected chi connectivity index (χ2v) is 3.58. The van der Waals surface area contributed by atoms with Crippen molar-refractivity contribution in [1.82, 2.24) is 9.78 Å². The van der Waals surface area contributed by atoms with Crippen molar-refractivity contribution in [3.05, 3.63) is 30.6 Å². The van der Waals surface area contributed by atoms with Crippen molar-refractivity contribution >= 4 is 5.69 Å². The molecule has 0 radical (unpaired) electrons. The molecule has 1 aromatic heterocycles. The summed E-state index contributed by atoms with van der Waals surface area (Å²) < 4.78 is 12.6. The molecule has 5 nitrogen and oxygen atoms in total. The number of aryl methyl sites for hydroxylation is 1. The minimum absolute atomic E-state index is 0.599. The van der Waals surface area contributed by atoms with Crippen LogP contribution in [0, 0.1) is 0 Å². The molecule has 0 fully saturated rings. The number of nitrogen functional groups attached to an aromatic ring is 1. The fraction of sp³-hybridized carbons (Fsp3) is 0.250. The molecule has 0 aliphatic heterocycles. The minimum Gasteiger partial charge on any atom is -0.497 e. The quantitative estimate of drug-likeness (QED) is 0.823. The van der Waals surface area contributed by atoms with Crippen LogP contribution in [0.15, 0.2) is 30.6 Å². The van der Waals surface area contributed by atoms with Gasteiger partial charge in [0.2, 0.25) is 0 Å². The first-order valence-electron chi connectivity index (χ1n) is 5.36. The molecule has 0 bridgehead atoms. The van der Waals surface area contributed by atoms with Crippen molar-refractivity contribution in [3.8, 4) is 17.2 Å². The van der Waals surface area contributed by atoms with Gasteiger partial charge in [-0.3, -0.25) is 4.68 Å². The van der Waals surface area contributed by atoms with Crippen LogP contribution in [-0.2, 0) is 6.54 Å². The summed E-state index contributed by atoms with van der Waals surface area (Å²) >= 11 is 0. The van der Waals surface area contributed by atoms with Gasteiger partial charge in [-0.15, -0.1) is 0 Å². The number of methoxy groups -OCH3 is 1. The maximum Gasteiger partial charge on any atom is 0.165 e. The lowest BCUT2D eigenvalue weighted by atomic mass is 10.3. The van der Waals surface area contributed by atoms with Gasteiger partial charge in [-0.1, -0.05) is 0 Å². The van der Waals surface area contributed by atoms with Crippen molar-refractivity contribution in [1.29, 1.82) is 0 Å². The number of rotatable bonds is 4. The van der Waals surface area contributed by atoms with E-state index in [1.54, 1.807) is 36.2 Å². The number of anilines is 1. The summed E-state index contributed by atoms with van der Waals surface area (Å²) in [5, 5.41) is 4.13. The third kappa shape index (κ3) is 2.69. The molecule has 17 heavy (non-hydrogen) atoms. The standard InChI is InChI=1S/C12H15N3O2/c1-3-15-8-12(7-14-15)17-11-5-9(13)4-10(6-11)16-2/h4-8H,3,13H2,1-2H3. The second kappa shape index (κ2) is 4.78. The van der Waals surface area contributed by atoms with Crippen molar-refractivity contribution in [2.75, 3.05) is 12.8 Å². The van der Waals surface area contributed by atoms with E-state index in [0.29, 0.717) is 22.9 Å². The minimum atomic E-state index is 0.599. The van der Waals surface area contributed by atoms with E-state index in [2.05, 4.69) is 5.10 Å². The van der Waals surface area contributed by atoms with Gasteiger partial charge in [0, 0.05) is 30.4 Å². The molecule has 0 amide bonds. The van der Waals surface area contributed by atoms with Gasteiger partial charge in [0.1, 0.15) is 11.5 Å². The molecule has 90 valence electrons. The highest BCUT2D eigenvalue weighted by molar-refractivity contribution is 5.51. The average Bonchev–Trinajstić information content (AvgIpc) is 2.76. The maximum atomic E-state index is 5.74. The van der Waals surface area contributed by atoms with E-state index < -0.39 is 0 Å². The molecule has 2 N–H and O–H groups in total. The monoisotopic (exact) mass is 233 g/mol. The molecule has 0 spiro atoms. The number of hydrogen-bond donors (Lipinski definition) is 1. The smallest absolute Gasteiger partial charge is 0.165 e. The fourth-order valence-corrected chi connectivity index (χ4v) is 1.48. The summed E-state index contributed by atoms with van der Waals surface area (Å²) in [4.78, 5) is 0. The second-order valence-electron chi connectivity index (χ2n) is 3.58. The van der Waals surface area contributed by atoms with Gasteiger partial charge in [-0.2, -0.15) is 5.10 Å². The zero-order chi connectivity index (χ0) is 12.3. The summed E-state index contributed by atoms with van der Waals surface area (Å²) in [6, 6.07) is 5.26. The molecule has 5 heteroatoms. The number of benzene rings is 1. The Labute approximate surface area is 99.8 Å². The highest BCUT2D eigenvalue weighted by Gasteiger charge is 2.03. The molecule has 2 rings (SSSR count). The van der Waals surface area contributed by atoms with Gasteiger partial charge in [0.05, 0.1) is 19.5 Å². The Kier molecular flexibility index (Phi) is 3.18. The third-order valence-electron chi connectivity index (χ3n) is 2.31. The predicted octanol–water partition coefficient (Wildman–Crippen LogP) is 2.29. The molecular weight excluding hydrogens is 218 g/mol. The zero-order valence-corrected chi connectivity index (χ0v) is 9.88. The molecule has 2 aromatic rings. The van der Waals surface area contributed by atoms with Crippen molar-refractivity contribution < 1.29 is 9.47 Å². The lowest BCUT2D eigenvalue weighted by Crippen LogP contribution is -1.92. The van der Waals surface area contributed by atoms with Crippen LogP contribution in [0.2, 0.25) is 0 Å². The van der Waals surface area contributed by atoms with Crippen LogP contribution in [0.3, 0.4) is 0 Å². The molecule has 0 aliphatic rings. The maximum absolute atomic E-state index is 5.74. The molecule has 0 saturated heterocycles. The molecule has 0 aliphatic carbocycles. The summed E-state index contributed by atoms with van der Waals surface area (Å²) in [6.07, 6.45) is 3.49. The zero-order valence-electron chi connectivity index (χ0n) is 9.88. The van der Waals surface area contributed by atoms with E-state index >= 15 is 0 Å². The molecule has 1 heterocycles. The molecule has 0 saturated carbocycles. The van der Waals surface area contributed by atoms with E-state index in [-0.39, 0.29) is 0 Å². The Balaban J connectivity index is 2.20. The first kappa shape index (κ1) is 11.3. The van der Waals surface area contributed by atoms with Gasteiger partial charge in [0.15, 0.2) is 5.75 Å².